The van der Waals surface area contributed by atoms with Crippen molar-refractivity contribution in [2.24, 2.45) is 5.92 Å². The fourth-order valence-electron chi connectivity index (χ4n) is 9.03. The van der Waals surface area contributed by atoms with Gasteiger partial charge in [0.2, 0.25) is 0 Å². The lowest BCUT2D eigenvalue weighted by atomic mass is 9.75. The highest BCUT2D eigenvalue weighted by Crippen LogP contribution is 2.51. The Morgan fingerprint density at radius 2 is 1.33 bits per heavy atom. The fraction of sp³-hybridized carbons (Fsp3) is 0.400. The van der Waals surface area contributed by atoms with E-state index in [1.807, 2.05) is 0 Å². The van der Waals surface area contributed by atoms with Crippen molar-refractivity contribution in [2.75, 3.05) is 23.9 Å². The van der Waals surface area contributed by atoms with E-state index in [9.17, 15) is 0 Å². The van der Waals surface area contributed by atoms with Crippen molar-refractivity contribution < 1.29 is 0 Å². The van der Waals surface area contributed by atoms with Gasteiger partial charge in [0.25, 0.3) is 0 Å². The van der Waals surface area contributed by atoms with Crippen LogP contribution < -0.4 is 9.80 Å². The number of nitrogens with zero attached hydrogens (tertiary/aromatic N) is 2. The van der Waals surface area contributed by atoms with Gasteiger partial charge in [-0.15, -0.1) is 0 Å². The van der Waals surface area contributed by atoms with Crippen LogP contribution in [0.25, 0.3) is 21.5 Å². The van der Waals surface area contributed by atoms with E-state index < -0.39 is 0 Å². The van der Waals surface area contributed by atoms with Crippen LogP contribution >= 0.6 is 11.6 Å². The molecule has 0 N–H and O–H groups in total. The van der Waals surface area contributed by atoms with Crippen LogP contribution in [0, 0.1) is 5.92 Å². The number of anilines is 2. The van der Waals surface area contributed by atoms with Gasteiger partial charge in [0.05, 0.1) is 6.04 Å². The molecule has 4 aromatic carbocycles. The van der Waals surface area contributed by atoms with E-state index in [0.29, 0.717) is 12.0 Å². The van der Waals surface area contributed by atoms with Crippen molar-refractivity contribution in [3.05, 3.63) is 107 Å². The molecule has 222 valence electrons. The summed E-state index contributed by atoms with van der Waals surface area (Å²) in [6.07, 6.45) is 10.6. The summed E-state index contributed by atoms with van der Waals surface area (Å²) in [5.41, 5.74) is 7.12. The zero-order valence-corrected chi connectivity index (χ0v) is 27.4. The Bertz CT molecular complexity index is 1780. The molecule has 3 unspecified atom stereocenters. The van der Waals surface area contributed by atoms with Crippen LogP contribution in [0.2, 0.25) is 0 Å². The molecule has 0 bridgehead atoms. The molecule has 2 nitrogen and oxygen atoms in total. The fourth-order valence-corrected chi connectivity index (χ4v) is 9.41. The first kappa shape index (κ1) is 28.5. The summed E-state index contributed by atoms with van der Waals surface area (Å²) < 4.78 is 0. The van der Waals surface area contributed by atoms with Crippen LogP contribution in [-0.2, 0) is 10.8 Å². The SMILES string of the molecule is CN1c2ccc3ccccc3c2C(C)(C)C1/C=C/C1=C(Cl)C(CCC2N(C)c3ccc4ccccc4c3C2(C)C)CCC1. The number of benzene rings is 4. The molecule has 43 heavy (non-hydrogen) atoms. The molecule has 7 rings (SSSR count). The molecular formula is C40H45ClN2. The number of hydrogen-bond donors (Lipinski definition) is 0. The first-order valence-electron chi connectivity index (χ1n) is 16.2. The zero-order valence-electron chi connectivity index (χ0n) is 26.6. The second-order valence-electron chi connectivity index (χ2n) is 14.4. The summed E-state index contributed by atoms with van der Waals surface area (Å²) in [4.78, 5) is 5.01. The van der Waals surface area contributed by atoms with Gasteiger partial charge in [0.15, 0.2) is 0 Å². The predicted octanol–water partition coefficient (Wildman–Crippen LogP) is 10.5. The Morgan fingerprint density at radius 3 is 1.98 bits per heavy atom. The average Bonchev–Trinajstić information content (AvgIpc) is 3.33. The van der Waals surface area contributed by atoms with Crippen molar-refractivity contribution >= 4 is 44.5 Å². The molecular weight excluding hydrogens is 544 g/mol. The molecule has 3 heteroatoms. The molecule has 2 heterocycles. The molecule has 0 saturated heterocycles. The quantitative estimate of drug-likeness (QED) is 0.229. The third-order valence-electron chi connectivity index (χ3n) is 11.3. The molecule has 0 aromatic heterocycles. The largest absolute Gasteiger partial charge is 0.370 e. The van der Waals surface area contributed by atoms with E-state index in [4.69, 9.17) is 11.6 Å². The van der Waals surface area contributed by atoms with Crippen LogP contribution in [0.15, 0.2) is 95.6 Å². The minimum atomic E-state index is 0.000367. The van der Waals surface area contributed by atoms with E-state index in [0.717, 1.165) is 24.3 Å². The van der Waals surface area contributed by atoms with Gasteiger partial charge >= 0.3 is 0 Å². The van der Waals surface area contributed by atoms with Crippen LogP contribution in [0.5, 0.6) is 0 Å². The molecule has 4 aromatic rings. The minimum absolute atomic E-state index is 0.000367. The highest BCUT2D eigenvalue weighted by molar-refractivity contribution is 6.30. The summed E-state index contributed by atoms with van der Waals surface area (Å²) in [5, 5.41) is 6.53. The number of hydrogen-bond acceptors (Lipinski definition) is 2. The monoisotopic (exact) mass is 588 g/mol. The van der Waals surface area contributed by atoms with Crippen molar-refractivity contribution in [2.45, 2.75) is 82.7 Å². The molecule has 0 saturated carbocycles. The van der Waals surface area contributed by atoms with Gasteiger partial charge in [0.1, 0.15) is 0 Å². The number of fused-ring (bicyclic) bond motifs is 6. The van der Waals surface area contributed by atoms with E-state index in [1.165, 1.54) is 62.5 Å². The minimum Gasteiger partial charge on any atom is -0.370 e. The van der Waals surface area contributed by atoms with Gasteiger partial charge in [-0.1, -0.05) is 112 Å². The lowest BCUT2D eigenvalue weighted by Crippen LogP contribution is -2.39. The maximum absolute atomic E-state index is 7.27. The summed E-state index contributed by atoms with van der Waals surface area (Å²) in [6, 6.07) is 27.6. The Kier molecular flexibility index (Phi) is 6.93. The molecule has 1 aliphatic carbocycles. The van der Waals surface area contributed by atoms with Gasteiger partial charge in [-0.3, -0.25) is 0 Å². The van der Waals surface area contributed by atoms with Crippen molar-refractivity contribution in [3.63, 3.8) is 0 Å². The second kappa shape index (κ2) is 10.4. The highest BCUT2D eigenvalue weighted by atomic mass is 35.5. The highest BCUT2D eigenvalue weighted by Gasteiger charge is 2.45. The third kappa shape index (κ3) is 4.43. The van der Waals surface area contributed by atoms with Crippen LogP contribution in [0.4, 0.5) is 11.4 Å². The smallest absolute Gasteiger partial charge is 0.0565 e. The maximum atomic E-state index is 7.27. The van der Waals surface area contributed by atoms with Crippen molar-refractivity contribution in [3.8, 4) is 0 Å². The first-order chi connectivity index (χ1) is 20.6. The first-order valence-corrected chi connectivity index (χ1v) is 16.6. The standard InChI is InChI=1S/C40H45ClN2/c1-39(2)34(42(5)32-22-18-26-12-7-9-16-30(26)36(32)39)24-20-28-14-11-15-29(38(28)41)21-25-35-40(3,4)37-31-17-10-8-13-27(31)19-23-33(37)43(35)6/h7-10,12-13,16-20,22-24,29,34-35H,11,14-15,21,25H2,1-6H3/b24-20+. The Morgan fingerprint density at radius 1 is 0.744 bits per heavy atom. The summed E-state index contributed by atoms with van der Waals surface area (Å²) in [7, 11) is 4.54. The Hall–Kier alpha value is -3.23. The molecule has 3 aliphatic rings. The molecule has 2 aliphatic heterocycles. The van der Waals surface area contributed by atoms with E-state index in [-0.39, 0.29) is 16.9 Å². The van der Waals surface area contributed by atoms with Gasteiger partial charge in [-0.05, 0) is 88.4 Å². The van der Waals surface area contributed by atoms with E-state index >= 15 is 0 Å². The van der Waals surface area contributed by atoms with E-state index in [1.54, 1.807) is 0 Å². The third-order valence-corrected chi connectivity index (χ3v) is 11.8. The number of allylic oxidation sites excluding steroid dienone is 3. The van der Waals surface area contributed by atoms with Crippen LogP contribution in [0.1, 0.15) is 70.9 Å². The van der Waals surface area contributed by atoms with Crippen LogP contribution in [-0.4, -0.2) is 26.2 Å². The zero-order chi connectivity index (χ0) is 30.1. The number of rotatable bonds is 5. The Balaban J connectivity index is 1.11. The van der Waals surface area contributed by atoms with Gasteiger partial charge in [-0.2, -0.15) is 0 Å². The van der Waals surface area contributed by atoms with E-state index in [2.05, 4.69) is 137 Å². The molecule has 0 amide bonds. The van der Waals surface area contributed by atoms with Gasteiger partial charge < -0.3 is 9.80 Å². The van der Waals surface area contributed by atoms with Gasteiger partial charge in [0, 0.05) is 47.4 Å². The number of likely N-dealkylation sites (N-methyl/N-ethyl adjacent to an activating group) is 2. The molecule has 0 fully saturated rings. The summed E-state index contributed by atoms with van der Waals surface area (Å²) >= 11 is 7.27. The van der Waals surface area contributed by atoms with Crippen molar-refractivity contribution in [1.82, 2.24) is 0 Å². The second-order valence-corrected chi connectivity index (χ2v) is 14.8. The lowest BCUT2D eigenvalue weighted by Gasteiger charge is -2.34. The van der Waals surface area contributed by atoms with Crippen molar-refractivity contribution in [1.29, 1.82) is 0 Å². The van der Waals surface area contributed by atoms with Gasteiger partial charge in [-0.25, -0.2) is 0 Å². The lowest BCUT2D eigenvalue weighted by molar-refractivity contribution is 0.365. The molecule has 0 spiro atoms. The summed E-state index contributed by atoms with van der Waals surface area (Å²) in [6.45, 7) is 9.69. The topological polar surface area (TPSA) is 6.48 Å². The normalized spacial score (nSPS) is 24.4. The van der Waals surface area contributed by atoms with Crippen LogP contribution in [0.3, 0.4) is 0 Å². The molecule has 0 radical (unpaired) electrons. The Labute approximate surface area is 263 Å². The number of halogens is 1. The molecule has 3 atom stereocenters. The maximum Gasteiger partial charge on any atom is 0.0565 e. The predicted molar refractivity (Wildman–Crippen MR) is 187 cm³/mol. The summed E-state index contributed by atoms with van der Waals surface area (Å²) in [5.74, 6) is 0.440. The average molecular weight is 589 g/mol.